The van der Waals surface area contributed by atoms with Gasteiger partial charge in [-0.15, -0.1) is 0 Å². The molecule has 288 valence electrons. The zero-order valence-corrected chi connectivity index (χ0v) is 33.5. The van der Waals surface area contributed by atoms with Gasteiger partial charge < -0.3 is 4.74 Å². The van der Waals surface area contributed by atoms with Crippen LogP contribution >= 0.6 is 0 Å². The van der Waals surface area contributed by atoms with E-state index in [1.165, 1.54) is 33.0 Å². The van der Waals surface area contributed by atoms with Crippen molar-refractivity contribution in [2.75, 3.05) is 0 Å². The zero-order valence-electron chi connectivity index (χ0n) is 33.5. The lowest BCUT2D eigenvalue weighted by Gasteiger charge is -2.39. The van der Waals surface area contributed by atoms with Crippen molar-refractivity contribution >= 4 is 32.3 Å². The Morgan fingerprint density at radius 2 is 0.887 bits per heavy atom. The smallest absolute Gasteiger partial charge is 0.165 e. The van der Waals surface area contributed by atoms with Gasteiger partial charge in [0.15, 0.2) is 17.5 Å². The summed E-state index contributed by atoms with van der Waals surface area (Å²) in [4.78, 5) is 16.4. The quantitative estimate of drug-likeness (QED) is 0.132. The van der Waals surface area contributed by atoms with Crippen LogP contribution in [-0.2, 0) is 5.41 Å². The first kappa shape index (κ1) is 34.6. The third kappa shape index (κ3) is 4.98. The van der Waals surface area contributed by atoms with E-state index in [4.69, 9.17) is 19.7 Å². The second kappa shape index (κ2) is 13.4. The van der Waals surface area contributed by atoms with E-state index in [0.717, 1.165) is 72.0 Å². The molecule has 0 amide bonds. The Bertz CT molecular complexity index is 3590. The Balaban J connectivity index is 1.12. The fourth-order valence-corrected chi connectivity index (χ4v) is 10.3. The van der Waals surface area contributed by atoms with Crippen LogP contribution < -0.4 is 4.74 Å². The largest absolute Gasteiger partial charge is 0.457 e. The van der Waals surface area contributed by atoms with Gasteiger partial charge in [-0.1, -0.05) is 182 Å². The van der Waals surface area contributed by atoms with Gasteiger partial charge in [-0.3, -0.25) is 0 Å². The molecule has 13 rings (SSSR count). The average Bonchev–Trinajstić information content (AvgIpc) is 3.64. The predicted octanol–water partition coefficient (Wildman–Crippen LogP) is 14.5. The van der Waals surface area contributed by atoms with Crippen molar-refractivity contribution in [2.45, 2.75) is 5.41 Å². The molecule has 11 aromatic rings. The maximum Gasteiger partial charge on any atom is 0.165 e. The Kier molecular flexibility index (Phi) is 7.49. The minimum absolute atomic E-state index is 0.589. The van der Waals surface area contributed by atoms with Crippen molar-refractivity contribution in [3.05, 3.63) is 235 Å². The van der Waals surface area contributed by atoms with Crippen LogP contribution in [0.2, 0.25) is 0 Å². The molecular formula is C58H35N3O. The number of aromatic nitrogens is 3. The van der Waals surface area contributed by atoms with Crippen molar-refractivity contribution in [1.82, 2.24) is 15.0 Å². The van der Waals surface area contributed by atoms with E-state index < -0.39 is 5.41 Å². The topological polar surface area (TPSA) is 47.9 Å². The van der Waals surface area contributed by atoms with E-state index in [-0.39, 0.29) is 0 Å². The monoisotopic (exact) mass is 789 g/mol. The molecule has 1 aliphatic heterocycles. The Morgan fingerprint density at radius 3 is 1.68 bits per heavy atom. The van der Waals surface area contributed by atoms with Crippen molar-refractivity contribution in [3.63, 3.8) is 0 Å². The molecule has 0 saturated heterocycles. The van der Waals surface area contributed by atoms with Gasteiger partial charge in [0, 0.05) is 27.8 Å². The Morgan fingerprint density at radius 1 is 0.306 bits per heavy atom. The van der Waals surface area contributed by atoms with Crippen LogP contribution in [0.15, 0.2) is 212 Å². The van der Waals surface area contributed by atoms with E-state index in [2.05, 4.69) is 206 Å². The number of hydrogen-bond acceptors (Lipinski definition) is 4. The van der Waals surface area contributed by atoms with Gasteiger partial charge in [0.05, 0.1) is 5.41 Å². The standard InChI is InChI=1S/C58H35N3O/c1-2-16-36(17-3-1)40-20-8-9-25-46(40)56-59-55(60-57(61-56)54-42-22-7-5-19-38(42)34-47-41-21-6-4-18-37(41)30-32-45(47)54)39-31-33-53-51(35-39)58(50-28-14-15-29-52(50)62-53)48-26-12-10-23-43(48)44-24-11-13-27-49(44)58/h1-35H. The van der Waals surface area contributed by atoms with Gasteiger partial charge in [-0.2, -0.15) is 0 Å². The molecule has 0 saturated carbocycles. The molecular weight excluding hydrogens is 755 g/mol. The van der Waals surface area contributed by atoms with E-state index >= 15 is 0 Å². The molecule has 1 aliphatic carbocycles. The molecule has 2 aliphatic rings. The van der Waals surface area contributed by atoms with E-state index in [1.54, 1.807) is 0 Å². The van der Waals surface area contributed by atoms with Gasteiger partial charge in [-0.25, -0.2) is 15.0 Å². The maximum atomic E-state index is 6.81. The molecule has 1 spiro atoms. The van der Waals surface area contributed by atoms with Crippen LogP contribution in [0.25, 0.3) is 88.7 Å². The van der Waals surface area contributed by atoms with Crippen molar-refractivity contribution in [1.29, 1.82) is 0 Å². The summed E-state index contributed by atoms with van der Waals surface area (Å²) in [5.41, 5.74) is 11.4. The highest BCUT2D eigenvalue weighted by Gasteiger charge is 2.51. The van der Waals surface area contributed by atoms with Crippen molar-refractivity contribution < 1.29 is 4.74 Å². The Labute approximate surface area is 358 Å². The molecule has 0 fully saturated rings. The first-order chi connectivity index (χ1) is 30.7. The molecule has 0 bridgehead atoms. The number of rotatable bonds is 4. The summed E-state index contributed by atoms with van der Waals surface area (Å²) in [5, 5.41) is 6.86. The molecule has 2 heterocycles. The van der Waals surface area contributed by atoms with E-state index in [0.29, 0.717) is 17.5 Å². The summed E-state index contributed by atoms with van der Waals surface area (Å²) in [6.07, 6.45) is 0. The molecule has 62 heavy (non-hydrogen) atoms. The second-order valence-corrected chi connectivity index (χ2v) is 16.2. The molecule has 0 unspecified atom stereocenters. The van der Waals surface area contributed by atoms with Crippen LogP contribution in [0.1, 0.15) is 22.3 Å². The van der Waals surface area contributed by atoms with Crippen LogP contribution in [0.5, 0.6) is 11.5 Å². The van der Waals surface area contributed by atoms with Crippen LogP contribution in [0, 0.1) is 0 Å². The van der Waals surface area contributed by atoms with Gasteiger partial charge in [-0.05, 0) is 96.0 Å². The summed E-state index contributed by atoms with van der Waals surface area (Å²) < 4.78 is 6.81. The van der Waals surface area contributed by atoms with Gasteiger partial charge in [0.2, 0.25) is 0 Å². The summed E-state index contributed by atoms with van der Waals surface area (Å²) in [6, 6.07) is 75.4. The van der Waals surface area contributed by atoms with Gasteiger partial charge in [0.1, 0.15) is 11.5 Å². The first-order valence-corrected chi connectivity index (χ1v) is 21.1. The van der Waals surface area contributed by atoms with Crippen molar-refractivity contribution in [3.8, 4) is 67.9 Å². The third-order valence-electron chi connectivity index (χ3n) is 13.0. The van der Waals surface area contributed by atoms with Crippen LogP contribution in [0.4, 0.5) is 0 Å². The minimum Gasteiger partial charge on any atom is -0.457 e. The SMILES string of the molecule is c1ccc(-c2ccccc2-c2nc(-c3ccc4c(c3)C3(c5ccccc5O4)c4ccccc4-c4ccccc43)nc(-c3c4ccccc4cc4c3ccc3ccccc34)n2)cc1. The molecule has 0 radical (unpaired) electrons. The van der Waals surface area contributed by atoms with Crippen LogP contribution in [0.3, 0.4) is 0 Å². The lowest BCUT2D eigenvalue weighted by Crippen LogP contribution is -2.32. The maximum absolute atomic E-state index is 6.81. The molecule has 10 aromatic carbocycles. The molecule has 1 aromatic heterocycles. The predicted molar refractivity (Wildman–Crippen MR) is 251 cm³/mol. The lowest BCUT2D eigenvalue weighted by atomic mass is 9.66. The highest BCUT2D eigenvalue weighted by Crippen LogP contribution is 2.62. The lowest BCUT2D eigenvalue weighted by molar-refractivity contribution is 0.436. The number of hydrogen-bond donors (Lipinski definition) is 0. The fraction of sp³-hybridized carbons (Fsp3) is 0.0172. The van der Waals surface area contributed by atoms with Crippen molar-refractivity contribution in [2.24, 2.45) is 0 Å². The van der Waals surface area contributed by atoms with E-state index in [9.17, 15) is 0 Å². The number of fused-ring (bicyclic) bond motifs is 13. The summed E-state index contributed by atoms with van der Waals surface area (Å²) >= 11 is 0. The van der Waals surface area contributed by atoms with Gasteiger partial charge >= 0.3 is 0 Å². The number of ether oxygens (including phenoxy) is 1. The molecule has 4 heteroatoms. The number of benzene rings is 10. The summed E-state index contributed by atoms with van der Waals surface area (Å²) in [6.45, 7) is 0. The third-order valence-corrected chi connectivity index (χ3v) is 13.0. The fourth-order valence-electron chi connectivity index (χ4n) is 10.3. The number of nitrogens with zero attached hydrogens (tertiary/aromatic N) is 3. The normalized spacial score (nSPS) is 13.1. The first-order valence-electron chi connectivity index (χ1n) is 21.1. The second-order valence-electron chi connectivity index (χ2n) is 16.2. The molecule has 0 N–H and O–H groups in total. The van der Waals surface area contributed by atoms with Gasteiger partial charge in [0.25, 0.3) is 0 Å². The average molecular weight is 790 g/mol. The van der Waals surface area contributed by atoms with Crippen LogP contribution in [-0.4, -0.2) is 15.0 Å². The number of para-hydroxylation sites is 1. The summed E-state index contributed by atoms with van der Waals surface area (Å²) in [5.74, 6) is 3.49. The highest BCUT2D eigenvalue weighted by atomic mass is 16.5. The minimum atomic E-state index is -0.626. The summed E-state index contributed by atoms with van der Waals surface area (Å²) in [7, 11) is 0. The van der Waals surface area contributed by atoms with E-state index in [1.807, 2.05) is 6.07 Å². The zero-order chi connectivity index (χ0) is 40.8. The molecule has 4 nitrogen and oxygen atoms in total. The Hall–Kier alpha value is -8.21. The highest BCUT2D eigenvalue weighted by molar-refractivity contribution is 6.19. The molecule has 0 atom stereocenters.